The maximum Gasteiger partial charge on any atom is 0.416 e. The highest BCUT2D eigenvalue weighted by Gasteiger charge is 2.31. The number of nitrogens with zero attached hydrogens (tertiary/aromatic N) is 1. The number of nitrogens with one attached hydrogen (secondary N) is 2. The molecule has 1 saturated heterocycles. The summed E-state index contributed by atoms with van der Waals surface area (Å²) in [6.45, 7) is 6.21. The molecule has 2 atom stereocenters. The van der Waals surface area contributed by atoms with E-state index in [1.165, 1.54) is 26.0 Å². The molecule has 164 valence electrons. The Kier molecular flexibility index (Phi) is 9.23. The molecule has 1 fully saturated rings. The lowest BCUT2D eigenvalue weighted by Crippen LogP contribution is -2.40. The first-order chi connectivity index (χ1) is 13.8. The van der Waals surface area contributed by atoms with Gasteiger partial charge in [0.25, 0.3) is 0 Å². The molecule has 0 aromatic heterocycles. The maximum atomic E-state index is 12.9. The fraction of sp³-hybridized carbons (Fsp3) is 0.667. The van der Waals surface area contributed by atoms with Crippen LogP contribution in [0.1, 0.15) is 49.8 Å². The highest BCUT2D eigenvalue weighted by Crippen LogP contribution is 2.30. The van der Waals surface area contributed by atoms with E-state index in [1.54, 1.807) is 6.07 Å². The van der Waals surface area contributed by atoms with Crippen molar-refractivity contribution in [2.75, 3.05) is 39.9 Å². The van der Waals surface area contributed by atoms with Gasteiger partial charge in [0.1, 0.15) is 0 Å². The van der Waals surface area contributed by atoms with Gasteiger partial charge < -0.3 is 20.3 Å². The third kappa shape index (κ3) is 8.22. The average molecular weight is 416 g/mol. The van der Waals surface area contributed by atoms with Crippen LogP contribution >= 0.6 is 0 Å². The second-order valence-electron chi connectivity index (χ2n) is 7.79. The van der Waals surface area contributed by atoms with Crippen LogP contribution in [0.2, 0.25) is 0 Å². The third-order valence-electron chi connectivity index (χ3n) is 5.18. The summed E-state index contributed by atoms with van der Waals surface area (Å²) in [6.07, 6.45) is -0.0219. The molecule has 5 nitrogen and oxygen atoms in total. The predicted molar refractivity (Wildman–Crippen MR) is 107 cm³/mol. The van der Waals surface area contributed by atoms with Gasteiger partial charge in [-0.3, -0.25) is 0 Å². The third-order valence-corrected chi connectivity index (χ3v) is 5.18. The predicted octanol–water partition coefficient (Wildman–Crippen LogP) is 4.20. The number of urea groups is 1. The molecule has 8 heteroatoms. The molecule has 0 saturated carbocycles. The second-order valence-corrected chi connectivity index (χ2v) is 7.79. The first kappa shape index (κ1) is 23.5. The Hall–Kier alpha value is -1.80. The maximum absolute atomic E-state index is 12.9. The molecule has 0 aliphatic carbocycles. The van der Waals surface area contributed by atoms with Crippen LogP contribution in [-0.4, -0.2) is 50.8 Å². The van der Waals surface area contributed by atoms with E-state index < -0.39 is 23.8 Å². The molecule has 0 radical (unpaired) electrons. The molecule has 2 rings (SSSR count). The summed E-state index contributed by atoms with van der Waals surface area (Å²) in [5, 5.41) is 5.49. The highest BCUT2D eigenvalue weighted by atomic mass is 19.4. The molecule has 29 heavy (non-hydrogen) atoms. The lowest BCUT2D eigenvalue weighted by atomic mass is 10.0. The van der Waals surface area contributed by atoms with Gasteiger partial charge in [0.15, 0.2) is 0 Å². The van der Waals surface area contributed by atoms with Crippen LogP contribution in [0.5, 0.6) is 0 Å². The van der Waals surface area contributed by atoms with Crippen molar-refractivity contribution in [1.82, 2.24) is 15.5 Å². The van der Waals surface area contributed by atoms with Crippen molar-refractivity contribution in [2.45, 2.75) is 44.8 Å². The van der Waals surface area contributed by atoms with Crippen LogP contribution in [0, 0.1) is 5.92 Å². The SMILES string of the molecule is COCC(NC(=O)NCCCCN1CCCC(C)C1)c1cccc(C(F)(F)F)c1. The molecule has 2 amide bonds. The minimum atomic E-state index is -4.43. The van der Waals surface area contributed by atoms with E-state index >= 15 is 0 Å². The molecule has 0 bridgehead atoms. The summed E-state index contributed by atoms with van der Waals surface area (Å²) in [4.78, 5) is 14.6. The highest BCUT2D eigenvalue weighted by molar-refractivity contribution is 5.74. The fourth-order valence-electron chi connectivity index (χ4n) is 3.68. The Balaban J connectivity index is 1.76. The smallest absolute Gasteiger partial charge is 0.382 e. The number of carbonyl (C=O) groups is 1. The van der Waals surface area contributed by atoms with Gasteiger partial charge in [0.05, 0.1) is 18.2 Å². The Morgan fingerprint density at radius 1 is 1.34 bits per heavy atom. The van der Waals surface area contributed by atoms with Gasteiger partial charge in [-0.2, -0.15) is 13.2 Å². The van der Waals surface area contributed by atoms with Crippen molar-refractivity contribution < 1.29 is 22.7 Å². The first-order valence-electron chi connectivity index (χ1n) is 10.2. The Bertz CT molecular complexity index is 640. The van der Waals surface area contributed by atoms with Crippen molar-refractivity contribution in [1.29, 1.82) is 0 Å². The van der Waals surface area contributed by atoms with Crippen molar-refractivity contribution in [3.63, 3.8) is 0 Å². The molecule has 1 aliphatic heterocycles. The molecular formula is C21H32F3N3O2. The largest absolute Gasteiger partial charge is 0.416 e. The summed E-state index contributed by atoms with van der Waals surface area (Å²) in [5.74, 6) is 0.751. The van der Waals surface area contributed by atoms with Gasteiger partial charge in [-0.25, -0.2) is 4.79 Å². The van der Waals surface area contributed by atoms with E-state index in [0.29, 0.717) is 12.1 Å². The summed E-state index contributed by atoms with van der Waals surface area (Å²) >= 11 is 0. The van der Waals surface area contributed by atoms with Gasteiger partial charge >= 0.3 is 12.2 Å². The van der Waals surface area contributed by atoms with E-state index in [2.05, 4.69) is 22.5 Å². The number of piperidine rings is 1. The quantitative estimate of drug-likeness (QED) is 0.595. The Morgan fingerprint density at radius 3 is 2.83 bits per heavy atom. The fourth-order valence-corrected chi connectivity index (χ4v) is 3.68. The van der Waals surface area contributed by atoms with Crippen LogP contribution in [0.15, 0.2) is 24.3 Å². The van der Waals surface area contributed by atoms with Gasteiger partial charge in [0.2, 0.25) is 0 Å². The molecule has 1 aromatic rings. The van der Waals surface area contributed by atoms with Crippen LogP contribution < -0.4 is 10.6 Å². The number of halogens is 3. The number of carbonyl (C=O) groups excluding carboxylic acids is 1. The molecule has 2 N–H and O–H groups in total. The molecular weight excluding hydrogens is 383 g/mol. The van der Waals surface area contributed by atoms with Crippen LogP contribution in [-0.2, 0) is 10.9 Å². The van der Waals surface area contributed by atoms with E-state index in [9.17, 15) is 18.0 Å². The summed E-state index contributed by atoms with van der Waals surface area (Å²) < 4.78 is 43.9. The first-order valence-corrected chi connectivity index (χ1v) is 10.2. The van der Waals surface area contributed by atoms with Gasteiger partial charge in [0, 0.05) is 20.2 Å². The van der Waals surface area contributed by atoms with Crippen molar-refractivity contribution >= 4 is 6.03 Å². The van der Waals surface area contributed by atoms with E-state index in [-0.39, 0.29) is 6.61 Å². The number of methoxy groups -OCH3 is 1. The lowest BCUT2D eigenvalue weighted by Gasteiger charge is -2.30. The monoisotopic (exact) mass is 415 g/mol. The number of hydrogen-bond donors (Lipinski definition) is 2. The Morgan fingerprint density at radius 2 is 2.14 bits per heavy atom. The normalized spacial score (nSPS) is 19.0. The lowest BCUT2D eigenvalue weighted by molar-refractivity contribution is -0.137. The number of alkyl halides is 3. The molecule has 1 aliphatic rings. The number of hydrogen-bond acceptors (Lipinski definition) is 3. The molecule has 2 unspecified atom stereocenters. The van der Waals surface area contributed by atoms with Crippen LogP contribution in [0.4, 0.5) is 18.0 Å². The van der Waals surface area contributed by atoms with Crippen LogP contribution in [0.3, 0.4) is 0 Å². The zero-order chi connectivity index (χ0) is 21.3. The summed E-state index contributed by atoms with van der Waals surface area (Å²) in [7, 11) is 1.45. The summed E-state index contributed by atoms with van der Waals surface area (Å²) in [5.41, 5.74) is -0.388. The minimum absolute atomic E-state index is 0.0852. The van der Waals surface area contributed by atoms with Crippen molar-refractivity contribution in [2.24, 2.45) is 5.92 Å². The number of unbranched alkanes of at least 4 members (excludes halogenated alkanes) is 1. The zero-order valence-electron chi connectivity index (χ0n) is 17.2. The zero-order valence-corrected chi connectivity index (χ0v) is 17.2. The molecule has 1 heterocycles. The van der Waals surface area contributed by atoms with Crippen molar-refractivity contribution in [3.05, 3.63) is 35.4 Å². The topological polar surface area (TPSA) is 53.6 Å². The van der Waals surface area contributed by atoms with E-state index in [0.717, 1.165) is 50.5 Å². The van der Waals surface area contributed by atoms with Gasteiger partial charge in [-0.15, -0.1) is 0 Å². The summed E-state index contributed by atoms with van der Waals surface area (Å²) in [6, 6.07) is 3.88. The number of benzene rings is 1. The average Bonchev–Trinajstić information content (AvgIpc) is 2.67. The molecule has 1 aromatic carbocycles. The number of amides is 2. The standard InChI is InChI=1S/C21H32F3N3O2/c1-16-7-6-12-27(14-16)11-4-3-10-25-20(28)26-19(15-29-2)17-8-5-9-18(13-17)21(22,23)24/h5,8-9,13,16,19H,3-4,6-7,10-12,14-15H2,1-2H3,(H2,25,26,28). The van der Waals surface area contributed by atoms with E-state index in [1.807, 2.05) is 0 Å². The number of likely N-dealkylation sites (tertiary alicyclic amines) is 1. The Labute approximate surface area is 171 Å². The van der Waals surface area contributed by atoms with Gasteiger partial charge in [-0.05, 0) is 62.4 Å². The number of ether oxygens (including phenoxy) is 1. The minimum Gasteiger partial charge on any atom is -0.382 e. The van der Waals surface area contributed by atoms with Crippen LogP contribution in [0.25, 0.3) is 0 Å². The molecule has 0 spiro atoms. The second kappa shape index (κ2) is 11.4. The van der Waals surface area contributed by atoms with E-state index in [4.69, 9.17) is 4.74 Å². The van der Waals surface area contributed by atoms with Gasteiger partial charge in [-0.1, -0.05) is 19.1 Å². The number of rotatable bonds is 9. The van der Waals surface area contributed by atoms with Crippen molar-refractivity contribution in [3.8, 4) is 0 Å².